The Balaban J connectivity index is 1.88. The number of amidine groups is 1. The minimum absolute atomic E-state index is 0.289. The van der Waals surface area contributed by atoms with Crippen LogP contribution in [0.25, 0.3) is 0 Å². The monoisotopic (exact) mass is 260 g/mol. The maximum Gasteiger partial charge on any atom is 0.0918 e. The molecule has 1 aliphatic heterocycles. The van der Waals surface area contributed by atoms with Crippen molar-refractivity contribution in [2.24, 2.45) is 5.73 Å². The van der Waals surface area contributed by atoms with Crippen molar-refractivity contribution in [3.05, 3.63) is 29.3 Å². The molecule has 3 N–H and O–H groups in total. The van der Waals surface area contributed by atoms with E-state index in [1.54, 1.807) is 0 Å². The lowest BCUT2D eigenvalue weighted by molar-refractivity contribution is 0.264. The van der Waals surface area contributed by atoms with E-state index >= 15 is 0 Å². The molecule has 1 aliphatic rings. The molecule has 4 heteroatoms. The standard InChI is InChI=1S/C15H24N4/c1-12-3-4-14(11-13(12)2)19-9-7-18(8-10-19)6-5-15(16)17/h3-4,11H,5-10H2,1-2H3,(H3,16,17). The van der Waals surface area contributed by atoms with E-state index in [-0.39, 0.29) is 5.84 Å². The van der Waals surface area contributed by atoms with Crippen LogP contribution in [0.5, 0.6) is 0 Å². The summed E-state index contributed by atoms with van der Waals surface area (Å²) in [5.41, 5.74) is 9.44. The van der Waals surface area contributed by atoms with Crippen LogP contribution in [-0.2, 0) is 0 Å². The van der Waals surface area contributed by atoms with Gasteiger partial charge in [0.15, 0.2) is 0 Å². The van der Waals surface area contributed by atoms with Crippen LogP contribution in [-0.4, -0.2) is 43.5 Å². The van der Waals surface area contributed by atoms with Crippen LogP contribution < -0.4 is 10.6 Å². The number of piperazine rings is 1. The van der Waals surface area contributed by atoms with E-state index < -0.39 is 0 Å². The van der Waals surface area contributed by atoms with Gasteiger partial charge in [0.05, 0.1) is 5.84 Å². The fourth-order valence-corrected chi connectivity index (χ4v) is 2.43. The first-order chi connectivity index (χ1) is 9.06. The molecule has 0 atom stereocenters. The maximum absolute atomic E-state index is 7.27. The van der Waals surface area contributed by atoms with Gasteiger partial charge in [-0.25, -0.2) is 0 Å². The van der Waals surface area contributed by atoms with E-state index in [2.05, 4.69) is 41.8 Å². The Bertz CT molecular complexity index is 447. The second-order valence-electron chi connectivity index (χ2n) is 5.37. The summed E-state index contributed by atoms with van der Waals surface area (Å²) in [6.07, 6.45) is 0.684. The van der Waals surface area contributed by atoms with Gasteiger partial charge < -0.3 is 10.6 Å². The highest BCUT2D eigenvalue weighted by Gasteiger charge is 2.17. The molecule has 1 heterocycles. The first-order valence-corrected chi connectivity index (χ1v) is 6.94. The van der Waals surface area contributed by atoms with Gasteiger partial charge in [0.2, 0.25) is 0 Å². The fourth-order valence-electron chi connectivity index (χ4n) is 2.43. The topological polar surface area (TPSA) is 56.4 Å². The summed E-state index contributed by atoms with van der Waals surface area (Å²) in [5.74, 6) is 0.289. The molecule has 1 aromatic carbocycles. The number of benzene rings is 1. The van der Waals surface area contributed by atoms with Crippen molar-refractivity contribution in [2.75, 3.05) is 37.6 Å². The predicted molar refractivity (Wildman–Crippen MR) is 81.1 cm³/mol. The van der Waals surface area contributed by atoms with Crippen LogP contribution >= 0.6 is 0 Å². The quantitative estimate of drug-likeness (QED) is 0.640. The maximum atomic E-state index is 7.27. The smallest absolute Gasteiger partial charge is 0.0918 e. The molecule has 0 spiro atoms. The Morgan fingerprint density at radius 2 is 1.84 bits per heavy atom. The molecule has 1 fully saturated rings. The third-order valence-electron chi connectivity index (χ3n) is 3.93. The SMILES string of the molecule is Cc1ccc(N2CCN(CCC(=N)N)CC2)cc1C. The summed E-state index contributed by atoms with van der Waals surface area (Å²) >= 11 is 0. The Labute approximate surface area is 115 Å². The average Bonchev–Trinajstić information content (AvgIpc) is 2.40. The highest BCUT2D eigenvalue weighted by atomic mass is 15.3. The van der Waals surface area contributed by atoms with Gasteiger partial charge in [-0.15, -0.1) is 0 Å². The molecule has 2 rings (SSSR count). The average molecular weight is 260 g/mol. The first-order valence-electron chi connectivity index (χ1n) is 6.94. The van der Waals surface area contributed by atoms with E-state index in [1.807, 2.05) is 0 Å². The highest BCUT2D eigenvalue weighted by Crippen LogP contribution is 2.20. The lowest BCUT2D eigenvalue weighted by atomic mass is 10.1. The van der Waals surface area contributed by atoms with Crippen molar-refractivity contribution >= 4 is 11.5 Å². The van der Waals surface area contributed by atoms with Crippen molar-refractivity contribution in [3.8, 4) is 0 Å². The lowest BCUT2D eigenvalue weighted by Gasteiger charge is -2.36. The molecule has 104 valence electrons. The zero-order chi connectivity index (χ0) is 13.8. The minimum atomic E-state index is 0.289. The van der Waals surface area contributed by atoms with E-state index in [4.69, 9.17) is 11.1 Å². The molecule has 0 amide bonds. The van der Waals surface area contributed by atoms with Crippen molar-refractivity contribution < 1.29 is 0 Å². The number of hydrogen-bond acceptors (Lipinski definition) is 3. The van der Waals surface area contributed by atoms with E-state index in [1.165, 1.54) is 16.8 Å². The Kier molecular flexibility index (Phi) is 4.43. The number of aryl methyl sites for hydroxylation is 2. The first kappa shape index (κ1) is 13.9. The van der Waals surface area contributed by atoms with E-state index in [9.17, 15) is 0 Å². The summed E-state index contributed by atoms with van der Waals surface area (Å²) < 4.78 is 0. The third-order valence-corrected chi connectivity index (χ3v) is 3.93. The molecule has 1 aromatic rings. The number of anilines is 1. The van der Waals surface area contributed by atoms with Gasteiger partial charge in [-0.2, -0.15) is 0 Å². The van der Waals surface area contributed by atoms with Crippen LogP contribution in [0.15, 0.2) is 18.2 Å². The molecule has 0 unspecified atom stereocenters. The van der Waals surface area contributed by atoms with Crippen LogP contribution in [0.3, 0.4) is 0 Å². The second-order valence-corrected chi connectivity index (χ2v) is 5.37. The summed E-state index contributed by atoms with van der Waals surface area (Å²) in [5, 5.41) is 7.27. The molecule has 0 aliphatic carbocycles. The number of nitrogens with one attached hydrogen (secondary N) is 1. The number of rotatable bonds is 4. The largest absolute Gasteiger partial charge is 0.388 e. The summed E-state index contributed by atoms with van der Waals surface area (Å²) in [4.78, 5) is 4.83. The lowest BCUT2D eigenvalue weighted by Crippen LogP contribution is -2.47. The minimum Gasteiger partial charge on any atom is -0.388 e. The number of hydrogen-bond donors (Lipinski definition) is 2. The molecule has 19 heavy (non-hydrogen) atoms. The van der Waals surface area contributed by atoms with Crippen molar-refractivity contribution in [1.29, 1.82) is 5.41 Å². The van der Waals surface area contributed by atoms with E-state index in [0.717, 1.165) is 32.7 Å². The van der Waals surface area contributed by atoms with Crippen LogP contribution in [0.4, 0.5) is 5.69 Å². The van der Waals surface area contributed by atoms with Gasteiger partial charge in [-0.05, 0) is 37.1 Å². The Morgan fingerprint density at radius 3 is 2.42 bits per heavy atom. The zero-order valence-electron chi connectivity index (χ0n) is 11.9. The van der Waals surface area contributed by atoms with Crippen LogP contribution in [0, 0.1) is 19.3 Å². The molecule has 0 aromatic heterocycles. The van der Waals surface area contributed by atoms with Gasteiger partial charge in [0.25, 0.3) is 0 Å². The molecule has 0 saturated carbocycles. The van der Waals surface area contributed by atoms with Crippen molar-refractivity contribution in [2.45, 2.75) is 20.3 Å². The van der Waals surface area contributed by atoms with Gasteiger partial charge in [-0.3, -0.25) is 10.3 Å². The molecular formula is C15H24N4. The van der Waals surface area contributed by atoms with E-state index in [0.29, 0.717) is 6.42 Å². The normalized spacial score (nSPS) is 16.6. The van der Waals surface area contributed by atoms with Crippen molar-refractivity contribution in [3.63, 3.8) is 0 Å². The van der Waals surface area contributed by atoms with Gasteiger partial charge in [-0.1, -0.05) is 6.07 Å². The molecule has 0 radical (unpaired) electrons. The molecular weight excluding hydrogens is 236 g/mol. The summed E-state index contributed by atoms with van der Waals surface area (Å²) in [7, 11) is 0. The Hall–Kier alpha value is -1.55. The third kappa shape index (κ3) is 3.70. The fraction of sp³-hybridized carbons (Fsp3) is 0.533. The van der Waals surface area contributed by atoms with Gasteiger partial charge in [0.1, 0.15) is 0 Å². The highest BCUT2D eigenvalue weighted by molar-refractivity contribution is 5.76. The zero-order valence-corrected chi connectivity index (χ0v) is 11.9. The molecule has 4 nitrogen and oxygen atoms in total. The van der Waals surface area contributed by atoms with Gasteiger partial charge >= 0.3 is 0 Å². The molecule has 1 saturated heterocycles. The van der Waals surface area contributed by atoms with Crippen LogP contribution in [0.2, 0.25) is 0 Å². The second kappa shape index (κ2) is 6.06. The molecule has 0 bridgehead atoms. The van der Waals surface area contributed by atoms with Crippen molar-refractivity contribution in [1.82, 2.24) is 4.90 Å². The summed E-state index contributed by atoms with van der Waals surface area (Å²) in [6.45, 7) is 9.46. The predicted octanol–water partition coefficient (Wildman–Crippen LogP) is 1.75. The van der Waals surface area contributed by atoms with Crippen LogP contribution in [0.1, 0.15) is 17.5 Å². The van der Waals surface area contributed by atoms with Gasteiger partial charge in [0, 0.05) is 44.8 Å². The summed E-state index contributed by atoms with van der Waals surface area (Å²) in [6, 6.07) is 6.70. The number of nitrogens with two attached hydrogens (primary N) is 1. The Morgan fingerprint density at radius 1 is 1.16 bits per heavy atom. The number of nitrogens with zero attached hydrogens (tertiary/aromatic N) is 2.